The molecule has 15 heavy (non-hydrogen) atoms. The summed E-state index contributed by atoms with van der Waals surface area (Å²) in [6, 6.07) is 6.25. The SMILES string of the molecule is CSc1ccc2c(c1)C(=O)C(C)CSC2. The number of hydrogen-bond donors (Lipinski definition) is 0. The summed E-state index contributed by atoms with van der Waals surface area (Å²) in [4.78, 5) is 13.3. The summed E-state index contributed by atoms with van der Waals surface area (Å²) in [6.45, 7) is 2.02. The van der Waals surface area contributed by atoms with Crippen molar-refractivity contribution in [2.45, 2.75) is 17.6 Å². The van der Waals surface area contributed by atoms with Crippen LogP contribution in [0.15, 0.2) is 23.1 Å². The predicted octanol–water partition coefficient (Wildman–Crippen LogP) is 3.47. The molecule has 1 aliphatic heterocycles. The van der Waals surface area contributed by atoms with Gasteiger partial charge in [0.1, 0.15) is 0 Å². The average Bonchev–Trinajstić information content (AvgIpc) is 2.40. The van der Waals surface area contributed by atoms with Crippen molar-refractivity contribution in [3.8, 4) is 0 Å². The smallest absolute Gasteiger partial charge is 0.166 e. The Balaban J connectivity index is 2.46. The summed E-state index contributed by atoms with van der Waals surface area (Å²) >= 11 is 3.55. The Bertz CT molecular complexity index is 387. The number of benzene rings is 1. The van der Waals surface area contributed by atoms with E-state index < -0.39 is 0 Å². The van der Waals surface area contributed by atoms with Crippen LogP contribution in [0.4, 0.5) is 0 Å². The zero-order valence-electron chi connectivity index (χ0n) is 8.95. The van der Waals surface area contributed by atoms with Gasteiger partial charge in [0.15, 0.2) is 5.78 Å². The van der Waals surface area contributed by atoms with Crippen LogP contribution in [0.2, 0.25) is 0 Å². The standard InChI is InChI=1S/C12H14OS2/c1-8-6-15-7-9-3-4-10(14-2)5-11(9)12(8)13/h3-5,8H,6-7H2,1-2H3. The summed E-state index contributed by atoms with van der Waals surface area (Å²) in [5.41, 5.74) is 2.14. The first-order valence-corrected chi connectivity index (χ1v) is 7.39. The van der Waals surface area contributed by atoms with Gasteiger partial charge in [-0.15, -0.1) is 11.8 Å². The molecule has 0 radical (unpaired) electrons. The molecule has 1 atom stereocenters. The van der Waals surface area contributed by atoms with Gasteiger partial charge in [-0.2, -0.15) is 11.8 Å². The number of fused-ring (bicyclic) bond motifs is 1. The lowest BCUT2D eigenvalue weighted by Gasteiger charge is -2.08. The lowest BCUT2D eigenvalue weighted by Crippen LogP contribution is -2.12. The highest BCUT2D eigenvalue weighted by Crippen LogP contribution is 2.29. The van der Waals surface area contributed by atoms with E-state index in [9.17, 15) is 4.79 Å². The van der Waals surface area contributed by atoms with E-state index in [0.29, 0.717) is 5.78 Å². The molecule has 0 N–H and O–H groups in total. The number of Topliss-reactive ketones (excluding diaryl/α,β-unsaturated/α-hetero) is 1. The van der Waals surface area contributed by atoms with Crippen LogP contribution in [0.25, 0.3) is 0 Å². The topological polar surface area (TPSA) is 17.1 Å². The third kappa shape index (κ3) is 2.23. The molecule has 1 aromatic rings. The molecule has 1 nitrogen and oxygen atoms in total. The first-order chi connectivity index (χ1) is 7.22. The van der Waals surface area contributed by atoms with Crippen LogP contribution in [0.3, 0.4) is 0 Å². The van der Waals surface area contributed by atoms with Crippen molar-refractivity contribution in [2.75, 3.05) is 12.0 Å². The Labute approximate surface area is 99.0 Å². The van der Waals surface area contributed by atoms with Crippen LogP contribution in [0, 0.1) is 5.92 Å². The second kappa shape index (κ2) is 4.62. The molecular weight excluding hydrogens is 224 g/mol. The third-order valence-corrected chi connectivity index (χ3v) is 4.63. The summed E-state index contributed by atoms with van der Waals surface area (Å²) in [5.74, 6) is 2.39. The number of carbonyl (C=O) groups is 1. The lowest BCUT2D eigenvalue weighted by molar-refractivity contribution is 0.0942. The van der Waals surface area contributed by atoms with Gasteiger partial charge in [0, 0.05) is 27.9 Å². The van der Waals surface area contributed by atoms with Crippen molar-refractivity contribution >= 4 is 29.3 Å². The normalized spacial score (nSPS) is 20.9. The number of ketones is 1. The van der Waals surface area contributed by atoms with Gasteiger partial charge in [0.25, 0.3) is 0 Å². The maximum atomic E-state index is 12.1. The number of carbonyl (C=O) groups excluding carboxylic acids is 1. The van der Waals surface area contributed by atoms with Gasteiger partial charge in [0.2, 0.25) is 0 Å². The van der Waals surface area contributed by atoms with Crippen molar-refractivity contribution in [2.24, 2.45) is 5.92 Å². The molecule has 3 heteroatoms. The van der Waals surface area contributed by atoms with Crippen LogP contribution >= 0.6 is 23.5 Å². The first kappa shape index (κ1) is 11.1. The van der Waals surface area contributed by atoms with Crippen molar-refractivity contribution < 1.29 is 4.79 Å². The fourth-order valence-corrected chi connectivity index (χ4v) is 3.26. The Hall–Kier alpha value is -0.410. The van der Waals surface area contributed by atoms with Crippen molar-refractivity contribution in [1.29, 1.82) is 0 Å². The predicted molar refractivity (Wildman–Crippen MR) is 67.9 cm³/mol. The molecule has 0 spiro atoms. The zero-order chi connectivity index (χ0) is 10.8. The minimum atomic E-state index is 0.161. The van der Waals surface area contributed by atoms with Crippen LogP contribution in [0.5, 0.6) is 0 Å². The average molecular weight is 238 g/mol. The highest BCUT2D eigenvalue weighted by molar-refractivity contribution is 7.98. The molecular formula is C12H14OS2. The van der Waals surface area contributed by atoms with Gasteiger partial charge >= 0.3 is 0 Å². The summed E-state index contributed by atoms with van der Waals surface area (Å²) in [7, 11) is 0. The quantitative estimate of drug-likeness (QED) is 0.697. The van der Waals surface area contributed by atoms with E-state index in [2.05, 4.69) is 12.1 Å². The summed E-state index contributed by atoms with van der Waals surface area (Å²) in [6.07, 6.45) is 2.04. The van der Waals surface area contributed by atoms with E-state index in [1.54, 1.807) is 11.8 Å². The largest absolute Gasteiger partial charge is 0.294 e. The van der Waals surface area contributed by atoms with Crippen molar-refractivity contribution in [1.82, 2.24) is 0 Å². The van der Waals surface area contributed by atoms with Gasteiger partial charge in [-0.25, -0.2) is 0 Å². The molecule has 1 unspecified atom stereocenters. The molecule has 0 amide bonds. The van der Waals surface area contributed by atoms with E-state index in [1.165, 1.54) is 10.5 Å². The number of thioether (sulfide) groups is 2. The number of hydrogen-bond acceptors (Lipinski definition) is 3. The molecule has 1 heterocycles. The Morgan fingerprint density at radius 1 is 1.47 bits per heavy atom. The first-order valence-electron chi connectivity index (χ1n) is 5.01. The minimum absolute atomic E-state index is 0.161. The number of rotatable bonds is 1. The van der Waals surface area contributed by atoms with Crippen LogP contribution in [-0.2, 0) is 5.75 Å². The fourth-order valence-electron chi connectivity index (χ4n) is 1.72. The monoisotopic (exact) mass is 238 g/mol. The van der Waals surface area contributed by atoms with Crippen molar-refractivity contribution in [3.63, 3.8) is 0 Å². The molecule has 0 aromatic heterocycles. The van der Waals surface area contributed by atoms with E-state index in [-0.39, 0.29) is 5.92 Å². The van der Waals surface area contributed by atoms with Gasteiger partial charge in [0.05, 0.1) is 0 Å². The highest BCUT2D eigenvalue weighted by Gasteiger charge is 2.22. The lowest BCUT2D eigenvalue weighted by atomic mass is 9.97. The third-order valence-electron chi connectivity index (χ3n) is 2.66. The molecule has 0 bridgehead atoms. The fraction of sp³-hybridized carbons (Fsp3) is 0.417. The van der Waals surface area contributed by atoms with E-state index in [4.69, 9.17) is 0 Å². The van der Waals surface area contributed by atoms with Gasteiger partial charge in [-0.3, -0.25) is 4.79 Å². The van der Waals surface area contributed by atoms with Crippen LogP contribution < -0.4 is 0 Å². The maximum Gasteiger partial charge on any atom is 0.166 e. The molecule has 0 saturated carbocycles. The van der Waals surface area contributed by atoms with Crippen LogP contribution in [0.1, 0.15) is 22.8 Å². The molecule has 1 aliphatic rings. The van der Waals surface area contributed by atoms with E-state index in [0.717, 1.165) is 17.1 Å². The van der Waals surface area contributed by atoms with Gasteiger partial charge in [-0.05, 0) is 24.0 Å². The molecule has 80 valence electrons. The minimum Gasteiger partial charge on any atom is -0.294 e. The molecule has 0 fully saturated rings. The van der Waals surface area contributed by atoms with Crippen molar-refractivity contribution in [3.05, 3.63) is 29.3 Å². The van der Waals surface area contributed by atoms with E-state index in [1.807, 2.05) is 31.0 Å². The Morgan fingerprint density at radius 3 is 3.00 bits per heavy atom. The molecule has 0 aliphatic carbocycles. The van der Waals surface area contributed by atoms with Gasteiger partial charge < -0.3 is 0 Å². The Morgan fingerprint density at radius 2 is 2.27 bits per heavy atom. The van der Waals surface area contributed by atoms with E-state index >= 15 is 0 Å². The second-order valence-electron chi connectivity index (χ2n) is 3.80. The zero-order valence-corrected chi connectivity index (χ0v) is 10.6. The summed E-state index contributed by atoms with van der Waals surface area (Å²) in [5, 5.41) is 0. The summed E-state index contributed by atoms with van der Waals surface area (Å²) < 4.78 is 0. The molecule has 2 rings (SSSR count). The molecule has 1 aromatic carbocycles. The molecule has 0 saturated heterocycles. The highest BCUT2D eigenvalue weighted by atomic mass is 32.2. The van der Waals surface area contributed by atoms with Crippen LogP contribution in [-0.4, -0.2) is 17.8 Å². The van der Waals surface area contributed by atoms with Gasteiger partial charge in [-0.1, -0.05) is 13.0 Å². The second-order valence-corrected chi connectivity index (χ2v) is 5.71. The Kier molecular flexibility index (Phi) is 3.42. The maximum absolute atomic E-state index is 12.1.